The smallest absolute Gasteiger partial charge is 0.179 e. The van der Waals surface area contributed by atoms with Gasteiger partial charge in [-0.2, -0.15) is 0 Å². The molecule has 0 aliphatic rings. The Morgan fingerprint density at radius 2 is 2.04 bits per heavy atom. The third-order valence-corrected chi connectivity index (χ3v) is 3.85. The lowest BCUT2D eigenvalue weighted by Gasteiger charge is -2.11. The second-order valence-electron chi connectivity index (χ2n) is 6.26. The summed E-state index contributed by atoms with van der Waals surface area (Å²) in [6, 6.07) is 11.5. The van der Waals surface area contributed by atoms with Crippen LogP contribution in [0.3, 0.4) is 0 Å². The number of hydrogen-bond acceptors (Lipinski definition) is 4. The van der Waals surface area contributed by atoms with Crippen LogP contribution in [0.15, 0.2) is 47.5 Å². The van der Waals surface area contributed by atoms with Crippen molar-refractivity contribution in [1.29, 1.82) is 0 Å². The van der Waals surface area contributed by atoms with Crippen molar-refractivity contribution in [1.82, 2.24) is 0 Å². The number of carbonyl (C=O) groups excluding carboxylic acids is 1. The van der Waals surface area contributed by atoms with E-state index in [1.54, 1.807) is 13.2 Å². The Morgan fingerprint density at radius 3 is 2.69 bits per heavy atom. The SMILES string of the molecule is COc1cccc(NCC(=Nc2ccc(Cl)cc2F)C(=O)CC(C)C)c1. The van der Waals surface area contributed by atoms with Crippen LogP contribution in [0.25, 0.3) is 0 Å². The third-order valence-electron chi connectivity index (χ3n) is 3.61. The number of ketones is 1. The Kier molecular flexibility index (Phi) is 7.16. The van der Waals surface area contributed by atoms with E-state index >= 15 is 0 Å². The van der Waals surface area contributed by atoms with Crippen LogP contribution in [0.2, 0.25) is 5.02 Å². The molecule has 138 valence electrons. The molecule has 2 aromatic carbocycles. The third kappa shape index (κ3) is 5.85. The lowest BCUT2D eigenvalue weighted by Crippen LogP contribution is -2.24. The highest BCUT2D eigenvalue weighted by Crippen LogP contribution is 2.22. The molecule has 0 aromatic heterocycles. The molecule has 1 N–H and O–H groups in total. The van der Waals surface area contributed by atoms with Gasteiger partial charge in [-0.15, -0.1) is 0 Å². The molecule has 0 saturated carbocycles. The van der Waals surface area contributed by atoms with Crippen molar-refractivity contribution in [3.63, 3.8) is 0 Å². The van der Waals surface area contributed by atoms with E-state index in [9.17, 15) is 9.18 Å². The minimum Gasteiger partial charge on any atom is -0.497 e. The van der Waals surface area contributed by atoms with Crippen LogP contribution in [0, 0.1) is 11.7 Å². The molecule has 4 nitrogen and oxygen atoms in total. The standard InChI is InChI=1S/C20H22ClFN2O2/c1-13(2)9-20(25)19(24-18-8-7-14(21)10-17(18)22)12-23-15-5-4-6-16(11-15)26-3/h4-8,10-11,13,23H,9,12H2,1-3H3. The van der Waals surface area contributed by atoms with Crippen LogP contribution < -0.4 is 10.1 Å². The largest absolute Gasteiger partial charge is 0.497 e. The average molecular weight is 377 g/mol. The number of nitrogens with one attached hydrogen (secondary N) is 1. The molecule has 0 spiro atoms. The van der Waals surface area contributed by atoms with E-state index in [1.807, 2.05) is 38.1 Å². The van der Waals surface area contributed by atoms with E-state index in [2.05, 4.69) is 10.3 Å². The van der Waals surface area contributed by atoms with Gasteiger partial charge in [-0.25, -0.2) is 9.38 Å². The van der Waals surface area contributed by atoms with Crippen LogP contribution >= 0.6 is 11.6 Å². The Balaban J connectivity index is 2.25. The van der Waals surface area contributed by atoms with Gasteiger partial charge in [0.1, 0.15) is 17.3 Å². The predicted octanol–water partition coefficient (Wildman–Crippen LogP) is 5.29. The fraction of sp³-hybridized carbons (Fsp3) is 0.300. The van der Waals surface area contributed by atoms with Crippen LogP contribution in [-0.4, -0.2) is 25.1 Å². The zero-order chi connectivity index (χ0) is 19.1. The first-order valence-corrected chi connectivity index (χ1v) is 8.70. The lowest BCUT2D eigenvalue weighted by molar-refractivity contribution is -0.113. The number of benzene rings is 2. The quantitative estimate of drug-likeness (QED) is 0.637. The second-order valence-corrected chi connectivity index (χ2v) is 6.70. The Hall–Kier alpha value is -2.40. The zero-order valence-electron chi connectivity index (χ0n) is 15.1. The molecule has 0 aliphatic heterocycles. The highest BCUT2D eigenvalue weighted by molar-refractivity contribution is 6.41. The van der Waals surface area contributed by atoms with Crippen molar-refractivity contribution < 1.29 is 13.9 Å². The van der Waals surface area contributed by atoms with Gasteiger partial charge in [-0.3, -0.25) is 4.79 Å². The molecular weight excluding hydrogens is 355 g/mol. The number of ether oxygens (including phenoxy) is 1. The summed E-state index contributed by atoms with van der Waals surface area (Å²) >= 11 is 5.78. The summed E-state index contributed by atoms with van der Waals surface area (Å²) < 4.78 is 19.2. The molecule has 0 atom stereocenters. The highest BCUT2D eigenvalue weighted by atomic mass is 35.5. The topological polar surface area (TPSA) is 50.7 Å². The van der Waals surface area contributed by atoms with Gasteiger partial charge in [0.05, 0.1) is 19.3 Å². The van der Waals surface area contributed by atoms with Gasteiger partial charge in [0.2, 0.25) is 0 Å². The Bertz CT molecular complexity index is 806. The van der Waals surface area contributed by atoms with Gasteiger partial charge in [0, 0.05) is 23.2 Å². The molecule has 6 heteroatoms. The zero-order valence-corrected chi connectivity index (χ0v) is 15.8. The lowest BCUT2D eigenvalue weighted by atomic mass is 10.0. The maximum Gasteiger partial charge on any atom is 0.179 e. The van der Waals surface area contributed by atoms with Crippen molar-refractivity contribution in [2.75, 3.05) is 19.0 Å². The number of hydrogen-bond donors (Lipinski definition) is 1. The number of anilines is 1. The minimum atomic E-state index is -0.561. The van der Waals surface area contributed by atoms with Gasteiger partial charge < -0.3 is 10.1 Å². The number of aliphatic imine (C=N–C) groups is 1. The van der Waals surface area contributed by atoms with Crippen LogP contribution in [0.5, 0.6) is 5.75 Å². The molecule has 0 heterocycles. The number of methoxy groups -OCH3 is 1. The van der Waals surface area contributed by atoms with E-state index in [-0.39, 0.29) is 34.7 Å². The molecule has 26 heavy (non-hydrogen) atoms. The van der Waals surface area contributed by atoms with Gasteiger partial charge >= 0.3 is 0 Å². The predicted molar refractivity (Wildman–Crippen MR) is 104 cm³/mol. The summed E-state index contributed by atoms with van der Waals surface area (Å²) in [5, 5.41) is 3.43. The van der Waals surface area contributed by atoms with Crippen molar-refractivity contribution in [2.24, 2.45) is 10.9 Å². The Morgan fingerprint density at radius 1 is 1.27 bits per heavy atom. The maximum atomic E-state index is 14.1. The monoisotopic (exact) mass is 376 g/mol. The molecule has 0 fully saturated rings. The Labute approximate surface area is 158 Å². The molecule has 2 rings (SSSR count). The average Bonchev–Trinajstić information content (AvgIpc) is 2.59. The van der Waals surface area contributed by atoms with Crippen molar-refractivity contribution in [3.05, 3.63) is 53.3 Å². The number of halogens is 2. The summed E-state index contributed by atoms with van der Waals surface area (Å²) in [5.41, 5.74) is 1.14. The van der Waals surface area contributed by atoms with Crippen molar-refractivity contribution >= 4 is 34.5 Å². The first kappa shape index (κ1) is 19.9. The summed E-state index contributed by atoms with van der Waals surface area (Å²) in [4.78, 5) is 16.8. The van der Waals surface area contributed by atoms with E-state index in [0.29, 0.717) is 12.2 Å². The van der Waals surface area contributed by atoms with Crippen LogP contribution in [0.1, 0.15) is 20.3 Å². The summed E-state index contributed by atoms with van der Waals surface area (Å²) in [6.45, 7) is 4.09. The molecule has 0 radical (unpaired) electrons. The molecule has 0 amide bonds. The van der Waals surface area contributed by atoms with Crippen LogP contribution in [0.4, 0.5) is 15.8 Å². The summed E-state index contributed by atoms with van der Waals surface area (Å²) in [6.07, 6.45) is 0.341. The van der Waals surface area contributed by atoms with Gasteiger partial charge in [-0.1, -0.05) is 31.5 Å². The van der Waals surface area contributed by atoms with Gasteiger partial charge in [0.15, 0.2) is 5.78 Å². The van der Waals surface area contributed by atoms with E-state index in [1.165, 1.54) is 12.1 Å². The first-order chi connectivity index (χ1) is 12.4. The number of carbonyl (C=O) groups is 1. The van der Waals surface area contributed by atoms with Crippen LogP contribution in [-0.2, 0) is 4.79 Å². The van der Waals surface area contributed by atoms with Gasteiger partial charge in [-0.05, 0) is 36.2 Å². The molecular formula is C20H22ClFN2O2. The fourth-order valence-electron chi connectivity index (χ4n) is 2.33. The van der Waals surface area contributed by atoms with E-state index in [0.717, 1.165) is 5.69 Å². The number of nitrogens with zero attached hydrogens (tertiary/aromatic N) is 1. The maximum absolute atomic E-state index is 14.1. The van der Waals surface area contributed by atoms with Gasteiger partial charge in [0.25, 0.3) is 0 Å². The van der Waals surface area contributed by atoms with E-state index in [4.69, 9.17) is 16.3 Å². The molecule has 0 aliphatic carbocycles. The summed E-state index contributed by atoms with van der Waals surface area (Å²) in [7, 11) is 1.58. The highest BCUT2D eigenvalue weighted by Gasteiger charge is 2.15. The molecule has 2 aromatic rings. The van der Waals surface area contributed by atoms with Crippen molar-refractivity contribution in [3.8, 4) is 5.75 Å². The molecule has 0 bridgehead atoms. The minimum absolute atomic E-state index is 0.0916. The summed E-state index contributed by atoms with van der Waals surface area (Å²) in [5.74, 6) is 0.198. The van der Waals surface area contributed by atoms with E-state index < -0.39 is 5.82 Å². The van der Waals surface area contributed by atoms with Crippen molar-refractivity contribution in [2.45, 2.75) is 20.3 Å². The normalized spacial score (nSPS) is 11.5. The molecule has 0 unspecified atom stereocenters. The molecule has 0 saturated heterocycles. The first-order valence-electron chi connectivity index (χ1n) is 8.32. The second kappa shape index (κ2) is 9.34. The number of rotatable bonds is 8. The number of Topliss-reactive ketones (excluding diaryl/α,β-unsaturated/α-hetero) is 1. The fourth-order valence-corrected chi connectivity index (χ4v) is 2.48.